The van der Waals surface area contributed by atoms with Gasteiger partial charge in [-0.15, -0.1) is 0 Å². The van der Waals surface area contributed by atoms with Gasteiger partial charge in [-0.25, -0.2) is 4.98 Å². The lowest BCUT2D eigenvalue weighted by atomic mass is 10.2. The lowest BCUT2D eigenvalue weighted by Crippen LogP contribution is -2.14. The number of nitrogens with zero attached hydrogens (tertiary/aromatic N) is 1. The summed E-state index contributed by atoms with van der Waals surface area (Å²) in [5.41, 5.74) is 0.416. The molecule has 1 aromatic heterocycles. The number of carbonyl (C=O) groups excluding carboxylic acids is 1. The fraction of sp³-hybridized carbons (Fsp3) is 0.217. The van der Waals surface area contributed by atoms with Crippen LogP contribution in [0.1, 0.15) is 17.3 Å². The Labute approximate surface area is 175 Å². The predicted octanol–water partition coefficient (Wildman–Crippen LogP) is 4.20. The zero-order valence-electron chi connectivity index (χ0n) is 17.0. The van der Waals surface area contributed by atoms with Gasteiger partial charge in [0.15, 0.2) is 23.1 Å². The molecule has 0 spiro atoms. The summed E-state index contributed by atoms with van der Waals surface area (Å²) in [5.74, 6) is 2.31. The fourth-order valence-corrected chi connectivity index (χ4v) is 2.69. The van der Waals surface area contributed by atoms with Gasteiger partial charge in [-0.1, -0.05) is 18.2 Å². The van der Waals surface area contributed by atoms with Gasteiger partial charge in [0.25, 0.3) is 5.91 Å². The third-order valence-electron chi connectivity index (χ3n) is 4.08. The molecule has 0 bridgehead atoms. The summed E-state index contributed by atoms with van der Waals surface area (Å²) in [6, 6.07) is 18.0. The Bertz CT molecular complexity index is 963. The Kier molecular flexibility index (Phi) is 7.49. The van der Waals surface area contributed by atoms with Crippen molar-refractivity contribution >= 4 is 11.7 Å². The second-order valence-corrected chi connectivity index (χ2v) is 6.11. The van der Waals surface area contributed by atoms with Crippen LogP contribution in [0.15, 0.2) is 66.9 Å². The van der Waals surface area contributed by atoms with Gasteiger partial charge in [0.1, 0.15) is 19.0 Å². The molecule has 1 N–H and O–H groups in total. The van der Waals surface area contributed by atoms with Crippen molar-refractivity contribution in [3.8, 4) is 23.0 Å². The Hall–Kier alpha value is -3.74. The number of benzene rings is 2. The van der Waals surface area contributed by atoms with Gasteiger partial charge in [-0.05, 0) is 49.4 Å². The molecule has 7 heteroatoms. The molecule has 0 radical (unpaired) electrons. The predicted molar refractivity (Wildman–Crippen MR) is 114 cm³/mol. The maximum Gasteiger partial charge on any atom is 0.257 e. The van der Waals surface area contributed by atoms with Crippen molar-refractivity contribution in [1.29, 1.82) is 0 Å². The number of ether oxygens (including phenoxy) is 4. The molecule has 0 fully saturated rings. The third kappa shape index (κ3) is 5.64. The number of amides is 1. The molecule has 0 aliphatic heterocycles. The van der Waals surface area contributed by atoms with Crippen LogP contribution in [0.25, 0.3) is 0 Å². The van der Waals surface area contributed by atoms with E-state index in [0.29, 0.717) is 48.5 Å². The topological polar surface area (TPSA) is 78.9 Å². The first-order valence-corrected chi connectivity index (χ1v) is 9.59. The standard InChI is InChI=1S/C23H24N2O5/c1-3-28-21-16-17(23(26)25-22-20(27-2)10-7-13-24-22)11-12-19(21)30-15-14-29-18-8-5-4-6-9-18/h4-13,16H,3,14-15H2,1-2H3,(H,24,25,26). The van der Waals surface area contributed by atoms with Crippen LogP contribution in [0, 0.1) is 0 Å². The third-order valence-corrected chi connectivity index (χ3v) is 4.08. The van der Waals surface area contributed by atoms with Gasteiger partial charge < -0.3 is 24.3 Å². The van der Waals surface area contributed by atoms with Gasteiger partial charge in [-0.3, -0.25) is 4.79 Å². The largest absolute Gasteiger partial charge is 0.493 e. The molecule has 0 aliphatic carbocycles. The van der Waals surface area contributed by atoms with Crippen molar-refractivity contribution in [2.24, 2.45) is 0 Å². The number of carbonyl (C=O) groups is 1. The molecule has 0 saturated carbocycles. The van der Waals surface area contributed by atoms with Crippen LogP contribution in [0.4, 0.5) is 5.82 Å². The van der Waals surface area contributed by atoms with Gasteiger partial charge in [0.2, 0.25) is 0 Å². The molecule has 0 atom stereocenters. The van der Waals surface area contributed by atoms with E-state index < -0.39 is 0 Å². The SMILES string of the molecule is CCOc1cc(C(=O)Nc2ncccc2OC)ccc1OCCOc1ccccc1. The van der Waals surface area contributed by atoms with E-state index in [1.54, 1.807) is 36.5 Å². The lowest BCUT2D eigenvalue weighted by molar-refractivity contribution is 0.102. The van der Waals surface area contributed by atoms with E-state index >= 15 is 0 Å². The molecule has 1 amide bonds. The minimum absolute atomic E-state index is 0.327. The molecule has 30 heavy (non-hydrogen) atoms. The Morgan fingerprint density at radius 3 is 2.47 bits per heavy atom. The van der Waals surface area contributed by atoms with Crippen LogP contribution in [0.5, 0.6) is 23.0 Å². The number of rotatable bonds is 10. The first kappa shape index (κ1) is 21.0. The van der Waals surface area contributed by atoms with Crippen LogP contribution in [-0.4, -0.2) is 37.8 Å². The minimum atomic E-state index is -0.327. The van der Waals surface area contributed by atoms with E-state index in [0.717, 1.165) is 5.75 Å². The average Bonchev–Trinajstić information content (AvgIpc) is 2.78. The van der Waals surface area contributed by atoms with E-state index in [1.165, 1.54) is 7.11 Å². The van der Waals surface area contributed by atoms with Crippen molar-refractivity contribution < 1.29 is 23.7 Å². The summed E-state index contributed by atoms with van der Waals surface area (Å²) in [5, 5.41) is 2.75. The molecule has 0 aliphatic rings. The van der Waals surface area contributed by atoms with Crippen molar-refractivity contribution in [3.63, 3.8) is 0 Å². The Balaban J connectivity index is 1.64. The molecule has 0 unspecified atom stereocenters. The highest BCUT2D eigenvalue weighted by Crippen LogP contribution is 2.29. The molecule has 3 aromatic rings. The minimum Gasteiger partial charge on any atom is -0.493 e. The van der Waals surface area contributed by atoms with Gasteiger partial charge in [0, 0.05) is 11.8 Å². The second-order valence-electron chi connectivity index (χ2n) is 6.11. The van der Waals surface area contributed by atoms with Gasteiger partial charge >= 0.3 is 0 Å². The summed E-state index contributed by atoms with van der Waals surface area (Å²) in [6.45, 7) is 3.03. The van der Waals surface area contributed by atoms with E-state index in [1.807, 2.05) is 37.3 Å². The van der Waals surface area contributed by atoms with Gasteiger partial charge in [-0.2, -0.15) is 0 Å². The number of hydrogen-bond acceptors (Lipinski definition) is 6. The highest BCUT2D eigenvalue weighted by atomic mass is 16.5. The molecule has 7 nitrogen and oxygen atoms in total. The van der Waals surface area contributed by atoms with Crippen LogP contribution in [0.2, 0.25) is 0 Å². The number of aromatic nitrogens is 1. The molecular formula is C23H24N2O5. The summed E-state index contributed by atoms with van der Waals surface area (Å²) >= 11 is 0. The summed E-state index contributed by atoms with van der Waals surface area (Å²) in [7, 11) is 1.52. The maximum atomic E-state index is 12.6. The highest BCUT2D eigenvalue weighted by molar-refractivity contribution is 6.04. The normalized spacial score (nSPS) is 10.2. The molecule has 1 heterocycles. The highest BCUT2D eigenvalue weighted by Gasteiger charge is 2.14. The van der Waals surface area contributed by atoms with E-state index in [9.17, 15) is 4.79 Å². The zero-order chi connectivity index (χ0) is 21.2. The smallest absolute Gasteiger partial charge is 0.257 e. The van der Waals surface area contributed by atoms with E-state index in [-0.39, 0.29) is 5.91 Å². The lowest BCUT2D eigenvalue weighted by Gasteiger charge is -2.14. The van der Waals surface area contributed by atoms with Crippen LogP contribution in [-0.2, 0) is 0 Å². The summed E-state index contributed by atoms with van der Waals surface area (Å²) < 4.78 is 22.3. The first-order valence-electron chi connectivity index (χ1n) is 9.59. The second kappa shape index (κ2) is 10.7. The number of pyridine rings is 1. The number of methoxy groups -OCH3 is 1. The van der Waals surface area contributed by atoms with E-state index in [2.05, 4.69) is 10.3 Å². The fourth-order valence-electron chi connectivity index (χ4n) is 2.69. The monoisotopic (exact) mass is 408 g/mol. The van der Waals surface area contributed by atoms with Gasteiger partial charge in [0.05, 0.1) is 13.7 Å². The first-order chi connectivity index (χ1) is 14.7. The van der Waals surface area contributed by atoms with Crippen molar-refractivity contribution in [1.82, 2.24) is 4.98 Å². The number of anilines is 1. The number of nitrogens with one attached hydrogen (secondary N) is 1. The Morgan fingerprint density at radius 2 is 1.70 bits per heavy atom. The summed E-state index contributed by atoms with van der Waals surface area (Å²) in [6.07, 6.45) is 1.58. The molecule has 2 aromatic carbocycles. The zero-order valence-corrected chi connectivity index (χ0v) is 17.0. The van der Waals surface area contributed by atoms with Crippen LogP contribution >= 0.6 is 0 Å². The number of para-hydroxylation sites is 1. The Morgan fingerprint density at radius 1 is 0.900 bits per heavy atom. The average molecular weight is 408 g/mol. The number of hydrogen-bond donors (Lipinski definition) is 1. The van der Waals surface area contributed by atoms with Crippen LogP contribution in [0.3, 0.4) is 0 Å². The van der Waals surface area contributed by atoms with E-state index in [4.69, 9.17) is 18.9 Å². The summed E-state index contributed by atoms with van der Waals surface area (Å²) in [4.78, 5) is 16.8. The maximum absolute atomic E-state index is 12.6. The molecule has 0 saturated heterocycles. The van der Waals surface area contributed by atoms with Crippen LogP contribution < -0.4 is 24.3 Å². The molecular weight excluding hydrogens is 384 g/mol. The molecule has 156 valence electrons. The molecule has 3 rings (SSSR count). The van der Waals surface area contributed by atoms with Crippen molar-refractivity contribution in [2.75, 3.05) is 32.2 Å². The van der Waals surface area contributed by atoms with Crippen molar-refractivity contribution in [2.45, 2.75) is 6.92 Å². The quantitative estimate of drug-likeness (QED) is 0.507. The van der Waals surface area contributed by atoms with Crippen molar-refractivity contribution in [3.05, 3.63) is 72.4 Å².